The van der Waals surface area contributed by atoms with Crippen LogP contribution in [0.4, 0.5) is 0 Å². The molecule has 0 spiro atoms. The molecule has 7 nitrogen and oxygen atoms in total. The average molecular weight is 432 g/mol. The van der Waals surface area contributed by atoms with Gasteiger partial charge in [0, 0.05) is 12.5 Å². The summed E-state index contributed by atoms with van der Waals surface area (Å²) < 4.78 is 5.57. The van der Waals surface area contributed by atoms with Crippen molar-refractivity contribution in [2.45, 2.75) is 46.3 Å². The van der Waals surface area contributed by atoms with Gasteiger partial charge in [-0.25, -0.2) is 4.79 Å². The lowest BCUT2D eigenvalue weighted by molar-refractivity contribution is -0.120. The van der Waals surface area contributed by atoms with Crippen molar-refractivity contribution in [2.24, 2.45) is 10.9 Å². The monoisotopic (exact) mass is 431 g/mol. The van der Waals surface area contributed by atoms with Crippen LogP contribution in [0.25, 0.3) is 0 Å². The van der Waals surface area contributed by atoms with E-state index in [4.69, 9.17) is 26.9 Å². The summed E-state index contributed by atoms with van der Waals surface area (Å²) >= 11 is 6.19. The Morgan fingerprint density at radius 2 is 1.70 bits per heavy atom. The Kier molecular flexibility index (Phi) is 7.45. The third kappa shape index (κ3) is 6.22. The summed E-state index contributed by atoms with van der Waals surface area (Å²) in [4.78, 5) is 28.5. The molecule has 8 heteroatoms. The third-order valence-corrected chi connectivity index (χ3v) is 4.44. The van der Waals surface area contributed by atoms with Gasteiger partial charge in [-0.05, 0) is 63.6 Å². The van der Waals surface area contributed by atoms with E-state index in [1.165, 1.54) is 6.92 Å². The largest absolute Gasteiger partial charge is 0.489 e. The number of halogens is 1. The van der Waals surface area contributed by atoms with Gasteiger partial charge in [-0.2, -0.15) is 0 Å². The maximum Gasteiger partial charge on any atom is 0.365 e. The van der Waals surface area contributed by atoms with E-state index in [-0.39, 0.29) is 17.8 Å². The quantitative estimate of drug-likeness (QED) is 0.299. The predicted molar refractivity (Wildman–Crippen MR) is 117 cm³/mol. The molecule has 2 aromatic rings. The maximum atomic E-state index is 12.3. The molecule has 160 valence electrons. The number of nitrogens with two attached hydrogens (primary N) is 1. The molecule has 2 aromatic carbocycles. The zero-order valence-electron chi connectivity index (χ0n) is 17.7. The number of carbonyl (C=O) groups is 2. The molecule has 0 fully saturated rings. The molecule has 2 rings (SSSR count). The highest BCUT2D eigenvalue weighted by Crippen LogP contribution is 2.26. The Labute approximate surface area is 181 Å². The van der Waals surface area contributed by atoms with Crippen LogP contribution < -0.4 is 15.8 Å². The normalized spacial score (nSPS) is 11.9. The Morgan fingerprint density at radius 3 is 2.23 bits per heavy atom. The van der Waals surface area contributed by atoms with Crippen LogP contribution in [0.5, 0.6) is 5.75 Å². The molecule has 30 heavy (non-hydrogen) atoms. The van der Waals surface area contributed by atoms with Crippen molar-refractivity contribution in [1.82, 2.24) is 5.32 Å². The van der Waals surface area contributed by atoms with Crippen molar-refractivity contribution in [1.29, 1.82) is 0 Å². The number of amidine groups is 1. The van der Waals surface area contributed by atoms with Crippen LogP contribution in [-0.2, 0) is 15.2 Å². The fourth-order valence-corrected chi connectivity index (χ4v) is 2.97. The average Bonchev–Trinajstić information content (AvgIpc) is 2.66. The van der Waals surface area contributed by atoms with Crippen molar-refractivity contribution in [3.63, 3.8) is 0 Å². The van der Waals surface area contributed by atoms with Gasteiger partial charge in [0.15, 0.2) is 5.84 Å². The minimum Gasteiger partial charge on any atom is -0.489 e. The lowest BCUT2D eigenvalue weighted by atomic mass is 9.93. The van der Waals surface area contributed by atoms with Crippen LogP contribution >= 0.6 is 11.6 Å². The van der Waals surface area contributed by atoms with Crippen LogP contribution in [0.1, 0.15) is 56.1 Å². The van der Waals surface area contributed by atoms with Gasteiger partial charge >= 0.3 is 5.97 Å². The highest BCUT2D eigenvalue weighted by molar-refractivity contribution is 6.32. The van der Waals surface area contributed by atoms with E-state index in [0.717, 1.165) is 5.56 Å². The molecule has 0 radical (unpaired) electrons. The second kappa shape index (κ2) is 9.63. The van der Waals surface area contributed by atoms with Gasteiger partial charge in [-0.3, -0.25) is 4.79 Å². The number of hydrogen-bond donors (Lipinski definition) is 2. The standard InChI is InChI=1S/C22H26ClN3O4/c1-13(2)29-19-11-8-16(12-18(19)23)20(24)26-30-21(28)15-6-9-17(10-7-15)22(4,5)25-14(3)27/h6-13H,1-5H3,(H2,24,26)(H,25,27). The molecule has 0 saturated heterocycles. The summed E-state index contributed by atoms with van der Waals surface area (Å²) in [5, 5.41) is 6.93. The van der Waals surface area contributed by atoms with E-state index in [1.807, 2.05) is 27.7 Å². The molecule has 0 saturated carbocycles. The Hall–Kier alpha value is -3.06. The van der Waals surface area contributed by atoms with E-state index < -0.39 is 11.5 Å². The summed E-state index contributed by atoms with van der Waals surface area (Å²) in [6, 6.07) is 11.6. The van der Waals surface area contributed by atoms with Crippen molar-refractivity contribution < 1.29 is 19.2 Å². The first-order valence-electron chi connectivity index (χ1n) is 9.40. The van der Waals surface area contributed by atoms with Gasteiger partial charge < -0.3 is 20.6 Å². The highest BCUT2D eigenvalue weighted by atomic mass is 35.5. The first-order chi connectivity index (χ1) is 14.0. The van der Waals surface area contributed by atoms with Crippen LogP contribution in [0.2, 0.25) is 5.02 Å². The molecule has 0 aromatic heterocycles. The molecule has 0 bridgehead atoms. The number of rotatable bonds is 7. The van der Waals surface area contributed by atoms with Gasteiger partial charge in [-0.15, -0.1) is 0 Å². The van der Waals surface area contributed by atoms with Crippen LogP contribution in [0.15, 0.2) is 47.6 Å². The lowest BCUT2D eigenvalue weighted by Gasteiger charge is -2.26. The summed E-state index contributed by atoms with van der Waals surface area (Å²) in [6.07, 6.45) is -0.0180. The Balaban J connectivity index is 2.08. The topological polar surface area (TPSA) is 103 Å². The number of benzene rings is 2. The maximum absolute atomic E-state index is 12.3. The van der Waals surface area contributed by atoms with Crippen molar-refractivity contribution in [3.8, 4) is 5.75 Å². The minimum absolute atomic E-state index is 0.00441. The van der Waals surface area contributed by atoms with E-state index in [0.29, 0.717) is 21.9 Å². The number of oxime groups is 1. The Bertz CT molecular complexity index is 953. The first-order valence-corrected chi connectivity index (χ1v) is 9.78. The van der Waals surface area contributed by atoms with E-state index in [1.54, 1.807) is 42.5 Å². The van der Waals surface area contributed by atoms with Gasteiger partial charge in [-0.1, -0.05) is 28.9 Å². The number of ether oxygens (including phenoxy) is 1. The first kappa shape index (κ1) is 23.2. The van der Waals surface area contributed by atoms with E-state index >= 15 is 0 Å². The number of amides is 1. The lowest BCUT2D eigenvalue weighted by Crippen LogP contribution is -2.39. The number of carbonyl (C=O) groups excluding carboxylic acids is 2. The highest BCUT2D eigenvalue weighted by Gasteiger charge is 2.21. The molecule has 0 aliphatic heterocycles. The fourth-order valence-electron chi connectivity index (χ4n) is 2.74. The minimum atomic E-state index is -0.660. The molecular formula is C22H26ClN3O4. The molecule has 1 amide bonds. The van der Waals surface area contributed by atoms with Crippen molar-refractivity contribution >= 4 is 29.3 Å². The van der Waals surface area contributed by atoms with Gasteiger partial charge in [0.05, 0.1) is 22.2 Å². The van der Waals surface area contributed by atoms with Gasteiger partial charge in [0.1, 0.15) is 5.75 Å². The van der Waals surface area contributed by atoms with Crippen LogP contribution in [0, 0.1) is 0 Å². The van der Waals surface area contributed by atoms with Gasteiger partial charge in [0.25, 0.3) is 0 Å². The fraction of sp³-hybridized carbons (Fsp3) is 0.318. The summed E-state index contributed by atoms with van der Waals surface area (Å²) in [5.74, 6) is -0.267. The smallest absolute Gasteiger partial charge is 0.365 e. The molecule has 0 unspecified atom stereocenters. The van der Waals surface area contributed by atoms with Crippen molar-refractivity contribution in [2.75, 3.05) is 0 Å². The molecule has 3 N–H and O–H groups in total. The van der Waals surface area contributed by atoms with E-state index in [9.17, 15) is 9.59 Å². The number of hydrogen-bond acceptors (Lipinski definition) is 5. The van der Waals surface area contributed by atoms with E-state index in [2.05, 4.69) is 10.5 Å². The molecular weight excluding hydrogens is 406 g/mol. The predicted octanol–water partition coefficient (Wildman–Crippen LogP) is 3.98. The zero-order valence-corrected chi connectivity index (χ0v) is 18.4. The zero-order chi connectivity index (χ0) is 22.5. The molecule has 0 aliphatic carbocycles. The molecule has 0 aliphatic rings. The van der Waals surface area contributed by atoms with Gasteiger partial charge in [0.2, 0.25) is 5.91 Å². The van der Waals surface area contributed by atoms with Crippen LogP contribution in [-0.4, -0.2) is 23.8 Å². The molecule has 0 atom stereocenters. The second-order valence-corrected chi connectivity index (χ2v) is 7.96. The number of nitrogens with zero attached hydrogens (tertiary/aromatic N) is 1. The second-order valence-electron chi connectivity index (χ2n) is 7.55. The summed E-state index contributed by atoms with van der Waals surface area (Å²) in [5.41, 5.74) is 6.97. The Morgan fingerprint density at radius 1 is 1.10 bits per heavy atom. The van der Waals surface area contributed by atoms with Crippen LogP contribution in [0.3, 0.4) is 0 Å². The third-order valence-electron chi connectivity index (χ3n) is 4.15. The molecule has 0 heterocycles. The SMILES string of the molecule is CC(=O)NC(C)(C)c1ccc(C(=O)O/N=C(\N)c2ccc(OC(C)C)c(Cl)c2)cc1. The van der Waals surface area contributed by atoms with Crippen molar-refractivity contribution in [3.05, 3.63) is 64.2 Å². The summed E-state index contributed by atoms with van der Waals surface area (Å²) in [7, 11) is 0. The summed E-state index contributed by atoms with van der Waals surface area (Å²) in [6.45, 7) is 8.98. The number of nitrogens with one attached hydrogen (secondary N) is 1.